The van der Waals surface area contributed by atoms with E-state index in [0.717, 1.165) is 44.9 Å². The Bertz CT molecular complexity index is 1130. The zero-order chi connectivity index (χ0) is 40.3. The number of aliphatic hydroxyl groups is 1. The summed E-state index contributed by atoms with van der Waals surface area (Å²) >= 11 is 0. The summed E-state index contributed by atoms with van der Waals surface area (Å²) in [5.74, 6) is -0.446. The Morgan fingerprint density at radius 2 is 1.18 bits per heavy atom. The molecular formula is C45H78NO8P. The number of hydrogen-bond donors (Lipinski definition) is 3. The zero-order valence-corrected chi connectivity index (χ0v) is 35.4. The molecule has 9 nitrogen and oxygen atoms in total. The molecular weight excluding hydrogens is 713 g/mol. The summed E-state index contributed by atoms with van der Waals surface area (Å²) in [5, 5.41) is 9.46. The highest BCUT2D eigenvalue weighted by atomic mass is 31.2. The number of carbonyl (C=O) groups excluding carboxylic acids is 1. The highest BCUT2D eigenvalue weighted by Gasteiger charge is 2.25. The van der Waals surface area contributed by atoms with Crippen LogP contribution in [0.4, 0.5) is 0 Å². The van der Waals surface area contributed by atoms with E-state index in [1.165, 1.54) is 83.5 Å². The van der Waals surface area contributed by atoms with Crippen LogP contribution in [0.3, 0.4) is 0 Å². The van der Waals surface area contributed by atoms with Crippen LogP contribution >= 0.6 is 7.82 Å². The van der Waals surface area contributed by atoms with E-state index < -0.39 is 19.9 Å². The van der Waals surface area contributed by atoms with Gasteiger partial charge in [0.2, 0.25) is 0 Å². The third kappa shape index (κ3) is 40.9. The van der Waals surface area contributed by atoms with Crippen LogP contribution < -0.4 is 5.73 Å². The molecule has 0 aromatic rings. The van der Waals surface area contributed by atoms with Crippen molar-refractivity contribution in [2.24, 2.45) is 5.73 Å². The number of phosphoric ester groups is 1. The predicted octanol–water partition coefficient (Wildman–Crippen LogP) is 11.8. The van der Waals surface area contributed by atoms with Crippen LogP contribution in [0.2, 0.25) is 0 Å². The van der Waals surface area contributed by atoms with Crippen molar-refractivity contribution >= 4 is 13.8 Å². The molecule has 0 amide bonds. The number of phosphoric acid groups is 1. The largest absolute Gasteiger partial charge is 0.498 e. The van der Waals surface area contributed by atoms with Gasteiger partial charge in [0.05, 0.1) is 25.6 Å². The lowest BCUT2D eigenvalue weighted by molar-refractivity contribution is -0.153. The van der Waals surface area contributed by atoms with Crippen molar-refractivity contribution in [3.8, 4) is 0 Å². The van der Waals surface area contributed by atoms with Gasteiger partial charge in [0.1, 0.15) is 6.61 Å². The minimum atomic E-state index is -4.32. The molecule has 0 heterocycles. The second-order valence-electron chi connectivity index (χ2n) is 13.7. The molecule has 0 spiro atoms. The lowest BCUT2D eigenvalue weighted by Crippen LogP contribution is -2.27. The first-order chi connectivity index (χ1) is 26.8. The van der Waals surface area contributed by atoms with Gasteiger partial charge in [-0.25, -0.2) is 4.57 Å². The maximum Gasteiger partial charge on any atom is 0.472 e. The van der Waals surface area contributed by atoms with Crippen LogP contribution in [0.5, 0.6) is 0 Å². The Morgan fingerprint density at radius 3 is 1.73 bits per heavy atom. The number of nitrogens with two attached hydrogens (primary N) is 1. The third-order valence-corrected chi connectivity index (χ3v) is 9.55. The Kier molecular flexibility index (Phi) is 39.2. The molecule has 0 aromatic carbocycles. The molecule has 55 heavy (non-hydrogen) atoms. The lowest BCUT2D eigenvalue weighted by Gasteiger charge is -2.19. The first-order valence-electron chi connectivity index (χ1n) is 21.2. The minimum absolute atomic E-state index is 0.00989. The average Bonchev–Trinajstić information content (AvgIpc) is 3.18. The molecule has 0 aliphatic carbocycles. The smallest absolute Gasteiger partial charge is 0.472 e. The summed E-state index contributed by atoms with van der Waals surface area (Å²) in [6.45, 7) is 3.80. The van der Waals surface area contributed by atoms with Crippen molar-refractivity contribution in [2.45, 2.75) is 167 Å². The molecule has 0 fully saturated rings. The molecule has 0 aromatic heterocycles. The van der Waals surface area contributed by atoms with Gasteiger partial charge in [-0.1, -0.05) is 170 Å². The second-order valence-corrected chi connectivity index (χ2v) is 15.2. The van der Waals surface area contributed by atoms with Gasteiger partial charge in [0.25, 0.3) is 0 Å². The molecule has 0 radical (unpaired) electrons. The van der Waals surface area contributed by atoms with Crippen molar-refractivity contribution in [3.63, 3.8) is 0 Å². The van der Waals surface area contributed by atoms with E-state index >= 15 is 0 Å². The first kappa shape index (κ1) is 52.5. The molecule has 3 atom stereocenters. The predicted molar refractivity (Wildman–Crippen MR) is 230 cm³/mol. The van der Waals surface area contributed by atoms with Gasteiger partial charge in [0, 0.05) is 13.0 Å². The van der Waals surface area contributed by atoms with Gasteiger partial charge < -0.3 is 25.2 Å². The Balaban J connectivity index is 4.26. The summed E-state index contributed by atoms with van der Waals surface area (Å²) in [6, 6.07) is 0. The fourth-order valence-electron chi connectivity index (χ4n) is 5.29. The number of ether oxygens (including phenoxy) is 2. The molecule has 3 unspecified atom stereocenters. The number of hydrogen-bond acceptors (Lipinski definition) is 8. The van der Waals surface area contributed by atoms with E-state index in [1.54, 1.807) is 12.3 Å². The maximum absolute atomic E-state index is 12.5. The van der Waals surface area contributed by atoms with Gasteiger partial charge in [-0.05, 0) is 57.4 Å². The van der Waals surface area contributed by atoms with Gasteiger partial charge in [0.15, 0.2) is 6.10 Å². The van der Waals surface area contributed by atoms with E-state index in [-0.39, 0.29) is 38.9 Å². The van der Waals surface area contributed by atoms with Crippen LogP contribution in [0, 0.1) is 0 Å². The molecule has 4 N–H and O–H groups in total. The quantitative estimate of drug-likeness (QED) is 0.0139. The Labute approximate surface area is 335 Å². The third-order valence-electron chi connectivity index (χ3n) is 8.56. The van der Waals surface area contributed by atoms with E-state index in [2.05, 4.69) is 49.5 Å². The highest BCUT2D eigenvalue weighted by molar-refractivity contribution is 7.47. The molecule has 0 saturated carbocycles. The van der Waals surface area contributed by atoms with Crippen LogP contribution in [-0.4, -0.2) is 54.5 Å². The van der Waals surface area contributed by atoms with Crippen LogP contribution in [0.1, 0.15) is 155 Å². The summed E-state index contributed by atoms with van der Waals surface area (Å²) in [4.78, 5) is 22.4. The topological polar surface area (TPSA) is 138 Å². The second kappa shape index (κ2) is 41.1. The van der Waals surface area contributed by atoms with Gasteiger partial charge in [-0.2, -0.15) is 0 Å². The highest BCUT2D eigenvalue weighted by Crippen LogP contribution is 2.43. The van der Waals surface area contributed by atoms with Crippen molar-refractivity contribution in [1.29, 1.82) is 0 Å². The van der Waals surface area contributed by atoms with Gasteiger partial charge >= 0.3 is 13.8 Å². The monoisotopic (exact) mass is 792 g/mol. The Morgan fingerprint density at radius 1 is 0.655 bits per heavy atom. The summed E-state index contributed by atoms with van der Waals surface area (Å²) in [5.41, 5.74) is 5.35. The fraction of sp³-hybridized carbons (Fsp3) is 0.667. The number of allylic oxidation sites excluding steroid dienone is 12. The number of carbonyl (C=O) groups is 1. The van der Waals surface area contributed by atoms with Crippen molar-refractivity contribution in [2.75, 3.05) is 26.4 Å². The molecule has 0 aliphatic heterocycles. The lowest BCUT2D eigenvalue weighted by atomic mass is 10.0. The van der Waals surface area contributed by atoms with E-state index in [1.807, 2.05) is 37.3 Å². The van der Waals surface area contributed by atoms with Crippen LogP contribution in [-0.2, 0) is 27.9 Å². The SMILES string of the molecule is CCCCCCCCCCCCCCCC/C=C\OCC(COP(=O)(O)OCCN)OC(=O)CC/C=C\C/C=C\C/C=C\C/C=C\C/C=C\C=C\C(O)CC. The number of unbranched alkanes of at least 4 members (excludes halogenated alkanes) is 14. The summed E-state index contributed by atoms with van der Waals surface area (Å²) in [6.07, 6.45) is 50.8. The fourth-order valence-corrected chi connectivity index (χ4v) is 6.06. The van der Waals surface area contributed by atoms with Crippen LogP contribution in [0.25, 0.3) is 0 Å². The van der Waals surface area contributed by atoms with E-state index in [4.69, 9.17) is 24.3 Å². The maximum atomic E-state index is 12.5. The van der Waals surface area contributed by atoms with Gasteiger partial charge in [-0.15, -0.1) is 0 Å². The standard InChI is InChI=1S/C45H78NO8P/c1-3-5-6-7-8-9-10-11-12-17-20-23-26-29-32-35-39-51-41-44(42-53-55(49,50)52-40-38-46)54-45(48)37-34-31-28-25-22-19-16-14-13-15-18-21-24-27-30-33-36-43(47)4-2/h13-14,18-19,21-22,27-28,30-31,33,35-36,39,43-44,47H,3-12,15-17,20,23-26,29,32,34,37-38,40-42,46H2,1-2H3,(H,49,50)/b14-13-,21-18-,22-19-,30-27-,31-28-,36-33+,39-35-. The van der Waals surface area contributed by atoms with E-state index in [0.29, 0.717) is 6.42 Å². The van der Waals surface area contributed by atoms with Crippen molar-refractivity contribution in [1.82, 2.24) is 0 Å². The number of rotatable bonds is 39. The molecule has 316 valence electrons. The minimum Gasteiger partial charge on any atom is -0.498 e. The Hall–Kier alpha value is -2.52. The van der Waals surface area contributed by atoms with Gasteiger partial charge in [-0.3, -0.25) is 13.8 Å². The van der Waals surface area contributed by atoms with Crippen molar-refractivity contribution in [3.05, 3.63) is 85.3 Å². The number of esters is 1. The molecule has 0 bridgehead atoms. The molecule has 0 rings (SSSR count). The van der Waals surface area contributed by atoms with Crippen LogP contribution in [0.15, 0.2) is 85.3 Å². The summed E-state index contributed by atoms with van der Waals surface area (Å²) < 4.78 is 33.0. The molecule has 0 aliphatic rings. The normalized spacial score (nSPS) is 14.9. The first-order valence-corrected chi connectivity index (χ1v) is 22.7. The van der Waals surface area contributed by atoms with E-state index in [9.17, 15) is 19.4 Å². The molecule has 10 heteroatoms. The zero-order valence-electron chi connectivity index (χ0n) is 34.5. The summed E-state index contributed by atoms with van der Waals surface area (Å²) in [7, 11) is -4.32. The number of aliphatic hydroxyl groups excluding tert-OH is 1. The average molecular weight is 792 g/mol. The van der Waals surface area contributed by atoms with Crippen molar-refractivity contribution < 1.29 is 37.9 Å². The molecule has 0 saturated heterocycles.